The standard InChI is InChI=1S/C18H15N7O/c26-17(12-25-23-18(22-24-25)13-6-2-1-3-7-13)21-20-11-14-10-19-16-9-5-4-8-15(14)16/h1-11,19H,12H2,(H,21,26). The van der Waals surface area contributed by atoms with E-state index in [2.05, 4.69) is 30.9 Å². The molecule has 4 rings (SSSR count). The molecule has 128 valence electrons. The number of fused-ring (bicyclic) bond motifs is 1. The van der Waals surface area contributed by atoms with Crippen LogP contribution in [-0.4, -0.2) is 37.3 Å². The molecule has 2 heterocycles. The molecule has 0 aliphatic carbocycles. The average Bonchev–Trinajstić information content (AvgIpc) is 3.30. The van der Waals surface area contributed by atoms with E-state index in [1.165, 1.54) is 4.80 Å². The van der Waals surface area contributed by atoms with Crippen LogP contribution in [-0.2, 0) is 11.3 Å². The van der Waals surface area contributed by atoms with Gasteiger partial charge in [-0.1, -0.05) is 48.5 Å². The summed E-state index contributed by atoms with van der Waals surface area (Å²) in [6, 6.07) is 17.3. The van der Waals surface area contributed by atoms with E-state index in [0.29, 0.717) is 5.82 Å². The Morgan fingerprint density at radius 3 is 2.85 bits per heavy atom. The van der Waals surface area contributed by atoms with Crippen molar-refractivity contribution in [1.82, 2.24) is 30.6 Å². The van der Waals surface area contributed by atoms with Gasteiger partial charge in [0.25, 0.3) is 5.91 Å². The van der Waals surface area contributed by atoms with Gasteiger partial charge in [0, 0.05) is 28.2 Å². The van der Waals surface area contributed by atoms with Crippen LogP contribution >= 0.6 is 0 Å². The van der Waals surface area contributed by atoms with Crippen molar-refractivity contribution >= 4 is 23.0 Å². The van der Waals surface area contributed by atoms with Crippen LogP contribution in [0.5, 0.6) is 0 Å². The van der Waals surface area contributed by atoms with Crippen LogP contribution in [0.1, 0.15) is 5.56 Å². The maximum absolute atomic E-state index is 12.0. The first-order valence-electron chi connectivity index (χ1n) is 8.01. The Hall–Kier alpha value is -3.81. The third-order valence-electron chi connectivity index (χ3n) is 3.78. The van der Waals surface area contributed by atoms with E-state index in [-0.39, 0.29) is 12.5 Å². The number of aromatic amines is 1. The minimum absolute atomic E-state index is 0.0644. The molecule has 0 radical (unpaired) electrons. The molecule has 0 fully saturated rings. The molecule has 0 saturated heterocycles. The van der Waals surface area contributed by atoms with Gasteiger partial charge in [-0.15, -0.1) is 10.2 Å². The second-order valence-corrected chi connectivity index (χ2v) is 5.59. The number of carbonyl (C=O) groups is 1. The second kappa shape index (κ2) is 6.98. The lowest BCUT2D eigenvalue weighted by atomic mass is 10.2. The van der Waals surface area contributed by atoms with E-state index >= 15 is 0 Å². The van der Waals surface area contributed by atoms with E-state index in [1.54, 1.807) is 6.21 Å². The molecule has 1 amide bonds. The fraction of sp³-hybridized carbons (Fsp3) is 0.0556. The zero-order chi connectivity index (χ0) is 17.8. The summed E-state index contributed by atoms with van der Waals surface area (Å²) in [6.45, 7) is -0.0644. The third-order valence-corrected chi connectivity index (χ3v) is 3.78. The van der Waals surface area contributed by atoms with Gasteiger partial charge in [-0.05, 0) is 11.3 Å². The number of benzene rings is 2. The number of nitrogens with zero attached hydrogens (tertiary/aromatic N) is 5. The first-order chi connectivity index (χ1) is 12.8. The quantitative estimate of drug-likeness (QED) is 0.426. The van der Waals surface area contributed by atoms with Crippen molar-refractivity contribution in [1.29, 1.82) is 0 Å². The molecular weight excluding hydrogens is 330 g/mol. The highest BCUT2D eigenvalue weighted by atomic mass is 16.2. The van der Waals surface area contributed by atoms with Crippen LogP contribution in [0, 0.1) is 0 Å². The molecular formula is C18H15N7O. The normalized spacial score (nSPS) is 11.2. The van der Waals surface area contributed by atoms with E-state index < -0.39 is 0 Å². The van der Waals surface area contributed by atoms with Crippen LogP contribution in [0.2, 0.25) is 0 Å². The Morgan fingerprint density at radius 1 is 1.15 bits per heavy atom. The number of aromatic nitrogens is 5. The van der Waals surface area contributed by atoms with Gasteiger partial charge < -0.3 is 4.98 Å². The number of amides is 1. The fourth-order valence-electron chi connectivity index (χ4n) is 2.55. The number of para-hydroxylation sites is 1. The number of hydrogen-bond donors (Lipinski definition) is 2. The highest BCUT2D eigenvalue weighted by molar-refractivity contribution is 5.99. The molecule has 0 aliphatic heterocycles. The van der Waals surface area contributed by atoms with E-state index in [4.69, 9.17) is 0 Å². The van der Waals surface area contributed by atoms with E-state index in [0.717, 1.165) is 22.0 Å². The Bertz CT molecular complexity index is 1070. The Balaban J connectivity index is 1.38. The molecule has 2 aromatic carbocycles. The first kappa shape index (κ1) is 15.7. The number of hydrazone groups is 1. The van der Waals surface area contributed by atoms with Gasteiger partial charge in [-0.25, -0.2) is 5.43 Å². The lowest BCUT2D eigenvalue weighted by molar-refractivity contribution is -0.122. The first-order valence-corrected chi connectivity index (χ1v) is 8.01. The molecule has 0 saturated carbocycles. The highest BCUT2D eigenvalue weighted by Gasteiger charge is 2.08. The SMILES string of the molecule is O=C(Cn1nnc(-c2ccccc2)n1)NN=Cc1c[nH]c2ccccc12. The minimum atomic E-state index is -0.335. The van der Waals surface area contributed by atoms with Gasteiger partial charge in [-0.2, -0.15) is 9.90 Å². The lowest BCUT2D eigenvalue weighted by Gasteiger charge is -1.98. The van der Waals surface area contributed by atoms with Crippen molar-refractivity contribution in [2.45, 2.75) is 6.54 Å². The zero-order valence-electron chi connectivity index (χ0n) is 13.7. The van der Waals surface area contributed by atoms with Gasteiger partial charge in [-0.3, -0.25) is 4.79 Å². The Morgan fingerprint density at radius 2 is 1.96 bits per heavy atom. The molecule has 8 nitrogen and oxygen atoms in total. The molecule has 2 N–H and O–H groups in total. The maximum Gasteiger partial charge on any atom is 0.263 e. The summed E-state index contributed by atoms with van der Waals surface area (Å²) in [5.41, 5.74) is 5.22. The van der Waals surface area contributed by atoms with Crippen LogP contribution in [0.25, 0.3) is 22.3 Å². The van der Waals surface area contributed by atoms with E-state index in [9.17, 15) is 4.79 Å². The van der Waals surface area contributed by atoms with Crippen molar-refractivity contribution in [2.75, 3.05) is 0 Å². The maximum atomic E-state index is 12.0. The largest absolute Gasteiger partial charge is 0.361 e. The molecule has 26 heavy (non-hydrogen) atoms. The van der Waals surface area contributed by atoms with Gasteiger partial charge in [0.2, 0.25) is 5.82 Å². The van der Waals surface area contributed by atoms with Gasteiger partial charge in [0.1, 0.15) is 6.54 Å². The van der Waals surface area contributed by atoms with Crippen molar-refractivity contribution in [3.05, 3.63) is 66.4 Å². The van der Waals surface area contributed by atoms with Crippen molar-refractivity contribution in [2.24, 2.45) is 5.10 Å². The summed E-state index contributed by atoms with van der Waals surface area (Å²) >= 11 is 0. The van der Waals surface area contributed by atoms with Crippen molar-refractivity contribution < 1.29 is 4.79 Å². The number of nitrogens with one attached hydrogen (secondary N) is 2. The van der Waals surface area contributed by atoms with Gasteiger partial charge in [0.15, 0.2) is 0 Å². The fourth-order valence-corrected chi connectivity index (χ4v) is 2.55. The molecule has 8 heteroatoms. The molecule has 4 aromatic rings. The minimum Gasteiger partial charge on any atom is -0.361 e. The summed E-state index contributed by atoms with van der Waals surface area (Å²) in [7, 11) is 0. The summed E-state index contributed by atoms with van der Waals surface area (Å²) < 4.78 is 0. The topological polar surface area (TPSA) is 101 Å². The van der Waals surface area contributed by atoms with Gasteiger partial charge in [0.05, 0.1) is 6.21 Å². The summed E-state index contributed by atoms with van der Waals surface area (Å²) in [6.07, 6.45) is 3.44. The molecule has 0 unspecified atom stereocenters. The molecule has 2 aromatic heterocycles. The van der Waals surface area contributed by atoms with Crippen LogP contribution in [0.4, 0.5) is 0 Å². The van der Waals surface area contributed by atoms with Crippen molar-refractivity contribution in [3.63, 3.8) is 0 Å². The summed E-state index contributed by atoms with van der Waals surface area (Å²) in [5, 5.41) is 17.1. The average molecular weight is 345 g/mol. The molecule has 0 bridgehead atoms. The number of hydrogen-bond acceptors (Lipinski definition) is 5. The van der Waals surface area contributed by atoms with Crippen LogP contribution in [0.3, 0.4) is 0 Å². The number of H-pyrrole nitrogens is 1. The monoisotopic (exact) mass is 345 g/mol. The van der Waals surface area contributed by atoms with Crippen molar-refractivity contribution in [3.8, 4) is 11.4 Å². The molecule has 0 spiro atoms. The Labute approximate surface area is 148 Å². The van der Waals surface area contributed by atoms with Gasteiger partial charge >= 0.3 is 0 Å². The number of tetrazole rings is 1. The number of carbonyl (C=O) groups excluding carboxylic acids is 1. The number of rotatable bonds is 5. The molecule has 0 atom stereocenters. The summed E-state index contributed by atoms with van der Waals surface area (Å²) in [4.78, 5) is 16.4. The predicted molar refractivity (Wildman–Crippen MR) is 97.3 cm³/mol. The van der Waals surface area contributed by atoms with Crippen LogP contribution in [0.15, 0.2) is 65.9 Å². The molecule has 0 aliphatic rings. The van der Waals surface area contributed by atoms with Crippen LogP contribution < -0.4 is 5.43 Å². The predicted octanol–water partition coefficient (Wildman–Crippen LogP) is 1.97. The highest BCUT2D eigenvalue weighted by Crippen LogP contribution is 2.15. The smallest absolute Gasteiger partial charge is 0.263 e. The third kappa shape index (κ3) is 3.34. The summed E-state index contributed by atoms with van der Waals surface area (Å²) in [5.74, 6) is 0.138. The lowest BCUT2D eigenvalue weighted by Crippen LogP contribution is -2.24. The zero-order valence-corrected chi connectivity index (χ0v) is 13.7. The Kier molecular flexibility index (Phi) is 4.21. The second-order valence-electron chi connectivity index (χ2n) is 5.59. The van der Waals surface area contributed by atoms with E-state index in [1.807, 2.05) is 60.8 Å².